The molecule has 0 saturated carbocycles. The molecule has 2 N–H and O–H groups in total. The summed E-state index contributed by atoms with van der Waals surface area (Å²) in [4.78, 5) is 21.2. The highest BCUT2D eigenvalue weighted by atomic mass is 19.4. The highest BCUT2D eigenvalue weighted by molar-refractivity contribution is 5.96. The second kappa shape index (κ2) is 4.63. The number of halogens is 4. The number of aromatic carboxylic acids is 1. The third-order valence-electron chi connectivity index (χ3n) is 2.12. The Kier molecular flexibility index (Phi) is 3.59. The third-order valence-corrected chi connectivity index (χ3v) is 2.12. The standard InChI is InChI=1S/C10H7F4NO3/c1-4-6(15-9(18)10(12,13)14)3-2-5(7(4)11)8(16)17/h2-3H,1H3,(H,15,18)(H,16,17). The molecule has 0 fully saturated rings. The molecular weight excluding hydrogens is 258 g/mol. The highest BCUT2D eigenvalue weighted by Gasteiger charge is 2.39. The number of hydrogen-bond donors (Lipinski definition) is 2. The summed E-state index contributed by atoms with van der Waals surface area (Å²) in [5.74, 6) is -5.00. The summed E-state index contributed by atoms with van der Waals surface area (Å²) in [7, 11) is 0. The normalized spacial score (nSPS) is 11.2. The zero-order chi connectivity index (χ0) is 14.1. The van der Waals surface area contributed by atoms with Crippen molar-refractivity contribution in [2.24, 2.45) is 0 Å². The van der Waals surface area contributed by atoms with Gasteiger partial charge in [-0.15, -0.1) is 0 Å². The maximum Gasteiger partial charge on any atom is 0.471 e. The van der Waals surface area contributed by atoms with E-state index in [9.17, 15) is 27.2 Å². The van der Waals surface area contributed by atoms with Crippen molar-refractivity contribution in [3.05, 3.63) is 29.1 Å². The van der Waals surface area contributed by atoms with Crippen molar-refractivity contribution in [1.82, 2.24) is 0 Å². The van der Waals surface area contributed by atoms with E-state index in [4.69, 9.17) is 5.11 Å². The number of amides is 1. The first-order valence-electron chi connectivity index (χ1n) is 4.55. The number of carboxylic acids is 1. The minimum Gasteiger partial charge on any atom is -0.478 e. The van der Waals surface area contributed by atoms with Crippen molar-refractivity contribution in [2.75, 3.05) is 5.32 Å². The van der Waals surface area contributed by atoms with Crippen LogP contribution in [0.1, 0.15) is 15.9 Å². The molecule has 0 spiro atoms. The van der Waals surface area contributed by atoms with Gasteiger partial charge in [-0.3, -0.25) is 4.79 Å². The van der Waals surface area contributed by atoms with E-state index in [0.717, 1.165) is 19.1 Å². The lowest BCUT2D eigenvalue weighted by molar-refractivity contribution is -0.167. The van der Waals surface area contributed by atoms with Gasteiger partial charge in [0.15, 0.2) is 0 Å². The smallest absolute Gasteiger partial charge is 0.471 e. The minimum absolute atomic E-state index is 0.382. The fraction of sp³-hybridized carbons (Fsp3) is 0.200. The number of nitrogens with one attached hydrogen (secondary N) is 1. The van der Waals surface area contributed by atoms with Crippen molar-refractivity contribution in [3.63, 3.8) is 0 Å². The number of rotatable bonds is 2. The minimum atomic E-state index is -5.10. The van der Waals surface area contributed by atoms with Crippen molar-refractivity contribution in [2.45, 2.75) is 13.1 Å². The van der Waals surface area contributed by atoms with E-state index in [0.29, 0.717) is 0 Å². The van der Waals surface area contributed by atoms with Gasteiger partial charge in [0.05, 0.1) is 5.56 Å². The quantitative estimate of drug-likeness (QED) is 0.806. The number of carboxylic acid groups (broad SMARTS) is 1. The predicted molar refractivity (Wildman–Crippen MR) is 52.8 cm³/mol. The van der Waals surface area contributed by atoms with E-state index in [1.54, 1.807) is 0 Å². The van der Waals surface area contributed by atoms with Crippen molar-refractivity contribution in [3.8, 4) is 0 Å². The molecular formula is C10H7F4NO3. The molecule has 0 unspecified atom stereocenters. The van der Waals surface area contributed by atoms with Crippen LogP contribution in [0.15, 0.2) is 12.1 Å². The second-order valence-electron chi connectivity index (χ2n) is 3.36. The molecule has 4 nitrogen and oxygen atoms in total. The molecule has 0 aliphatic carbocycles. The topological polar surface area (TPSA) is 66.4 Å². The van der Waals surface area contributed by atoms with E-state index in [-0.39, 0.29) is 5.56 Å². The number of alkyl halides is 3. The molecule has 1 amide bonds. The fourth-order valence-electron chi connectivity index (χ4n) is 1.18. The molecule has 0 aliphatic rings. The number of hydrogen-bond acceptors (Lipinski definition) is 2. The van der Waals surface area contributed by atoms with Crippen LogP contribution in [0.4, 0.5) is 23.2 Å². The molecule has 1 rings (SSSR count). The first-order valence-corrected chi connectivity index (χ1v) is 4.55. The van der Waals surface area contributed by atoms with E-state index in [1.807, 2.05) is 0 Å². The Morgan fingerprint density at radius 1 is 1.28 bits per heavy atom. The van der Waals surface area contributed by atoms with Crippen LogP contribution in [0.25, 0.3) is 0 Å². The molecule has 0 aromatic heterocycles. The summed E-state index contributed by atoms with van der Waals surface area (Å²) in [5.41, 5.74) is -1.50. The molecule has 1 aromatic carbocycles. The van der Waals surface area contributed by atoms with Crippen LogP contribution in [0.3, 0.4) is 0 Å². The molecule has 98 valence electrons. The number of benzene rings is 1. The Hall–Kier alpha value is -2.12. The Bertz CT molecular complexity index is 511. The summed E-state index contributed by atoms with van der Waals surface area (Å²) in [6.45, 7) is 1.06. The monoisotopic (exact) mass is 265 g/mol. The van der Waals surface area contributed by atoms with Gasteiger partial charge in [0.1, 0.15) is 5.82 Å². The van der Waals surface area contributed by atoms with Crippen LogP contribution in [0.2, 0.25) is 0 Å². The van der Waals surface area contributed by atoms with Gasteiger partial charge in [-0.25, -0.2) is 9.18 Å². The molecule has 1 aromatic rings. The van der Waals surface area contributed by atoms with Crippen molar-refractivity contribution >= 4 is 17.6 Å². The van der Waals surface area contributed by atoms with E-state index < -0.39 is 35.1 Å². The van der Waals surface area contributed by atoms with Gasteiger partial charge in [0, 0.05) is 11.3 Å². The molecule has 0 radical (unpaired) electrons. The summed E-state index contributed by atoms with van der Waals surface area (Å²) >= 11 is 0. The van der Waals surface area contributed by atoms with Crippen LogP contribution in [0, 0.1) is 12.7 Å². The Labute approximate surface area is 98.2 Å². The zero-order valence-electron chi connectivity index (χ0n) is 8.93. The van der Waals surface area contributed by atoms with Gasteiger partial charge in [-0.1, -0.05) is 0 Å². The van der Waals surface area contributed by atoms with Gasteiger partial charge in [-0.2, -0.15) is 13.2 Å². The molecule has 0 aliphatic heterocycles. The van der Waals surface area contributed by atoms with Crippen LogP contribution >= 0.6 is 0 Å². The maximum absolute atomic E-state index is 13.4. The average Bonchev–Trinajstić information content (AvgIpc) is 2.22. The first-order chi connectivity index (χ1) is 8.14. The third kappa shape index (κ3) is 2.76. The highest BCUT2D eigenvalue weighted by Crippen LogP contribution is 2.24. The summed E-state index contributed by atoms with van der Waals surface area (Å²) in [6, 6.07) is 1.67. The molecule has 0 heterocycles. The molecule has 0 atom stereocenters. The first kappa shape index (κ1) is 13.9. The summed E-state index contributed by atoms with van der Waals surface area (Å²) in [6.07, 6.45) is -5.10. The van der Waals surface area contributed by atoms with Gasteiger partial charge in [0.25, 0.3) is 0 Å². The lowest BCUT2D eigenvalue weighted by Gasteiger charge is -2.11. The predicted octanol–water partition coefficient (Wildman–Crippen LogP) is 2.33. The van der Waals surface area contributed by atoms with Gasteiger partial charge in [-0.05, 0) is 19.1 Å². The zero-order valence-corrected chi connectivity index (χ0v) is 8.93. The summed E-state index contributed by atoms with van der Waals surface area (Å²) in [5, 5.41) is 10.0. The van der Waals surface area contributed by atoms with E-state index in [1.165, 1.54) is 5.32 Å². The SMILES string of the molecule is Cc1c(NC(=O)C(F)(F)F)ccc(C(=O)O)c1F. The number of carbonyl (C=O) groups excluding carboxylic acids is 1. The Morgan fingerprint density at radius 3 is 2.28 bits per heavy atom. The van der Waals surface area contributed by atoms with E-state index >= 15 is 0 Å². The van der Waals surface area contributed by atoms with Gasteiger partial charge >= 0.3 is 18.1 Å². The molecule has 0 bridgehead atoms. The fourth-order valence-corrected chi connectivity index (χ4v) is 1.18. The largest absolute Gasteiger partial charge is 0.478 e. The maximum atomic E-state index is 13.4. The lowest BCUT2D eigenvalue weighted by Crippen LogP contribution is -2.30. The van der Waals surface area contributed by atoms with Gasteiger partial charge < -0.3 is 10.4 Å². The van der Waals surface area contributed by atoms with Crippen LogP contribution in [-0.2, 0) is 4.79 Å². The Balaban J connectivity index is 3.11. The summed E-state index contributed by atoms with van der Waals surface area (Å²) < 4.78 is 49.4. The van der Waals surface area contributed by atoms with E-state index in [2.05, 4.69) is 0 Å². The second-order valence-corrected chi connectivity index (χ2v) is 3.36. The van der Waals surface area contributed by atoms with Crippen molar-refractivity contribution < 1.29 is 32.3 Å². The van der Waals surface area contributed by atoms with Crippen LogP contribution in [0.5, 0.6) is 0 Å². The Morgan fingerprint density at radius 2 is 1.83 bits per heavy atom. The van der Waals surface area contributed by atoms with Crippen molar-refractivity contribution in [1.29, 1.82) is 0 Å². The van der Waals surface area contributed by atoms with Crippen LogP contribution < -0.4 is 5.32 Å². The number of anilines is 1. The van der Waals surface area contributed by atoms with Crippen LogP contribution in [-0.4, -0.2) is 23.2 Å². The lowest BCUT2D eigenvalue weighted by atomic mass is 10.1. The molecule has 18 heavy (non-hydrogen) atoms. The molecule has 0 saturated heterocycles. The molecule has 8 heteroatoms. The number of carbonyl (C=O) groups is 2. The average molecular weight is 265 g/mol. The van der Waals surface area contributed by atoms with Gasteiger partial charge in [0.2, 0.25) is 0 Å².